The third-order valence-corrected chi connectivity index (χ3v) is 3.49. The van der Waals surface area contributed by atoms with Crippen LogP contribution in [-0.2, 0) is 12.8 Å². The zero-order valence-corrected chi connectivity index (χ0v) is 10.1. The maximum absolute atomic E-state index is 2.29. The Hall–Kier alpha value is -1.82. The summed E-state index contributed by atoms with van der Waals surface area (Å²) in [4.78, 5) is 0. The topological polar surface area (TPSA) is 0 Å². The van der Waals surface area contributed by atoms with Crippen LogP contribution in [0.25, 0.3) is 17.2 Å². The maximum Gasteiger partial charge on any atom is -0.00767 e. The molecule has 0 atom stereocenters. The van der Waals surface area contributed by atoms with E-state index in [0.717, 1.165) is 12.8 Å². The van der Waals surface area contributed by atoms with Crippen LogP contribution in [0.1, 0.15) is 23.6 Å². The molecule has 2 aromatic rings. The summed E-state index contributed by atoms with van der Waals surface area (Å²) in [5.41, 5.74) is 7.10. The summed E-state index contributed by atoms with van der Waals surface area (Å²) in [5.74, 6) is 0. The van der Waals surface area contributed by atoms with Gasteiger partial charge in [-0.3, -0.25) is 0 Å². The molecule has 2 aromatic carbocycles. The molecule has 1 aliphatic carbocycles. The van der Waals surface area contributed by atoms with Gasteiger partial charge in [-0.25, -0.2) is 0 Å². The van der Waals surface area contributed by atoms with E-state index in [-0.39, 0.29) is 0 Å². The highest BCUT2D eigenvalue weighted by molar-refractivity contribution is 5.81. The minimum Gasteiger partial charge on any atom is -0.0795 e. The van der Waals surface area contributed by atoms with E-state index in [1.54, 1.807) is 0 Å². The van der Waals surface area contributed by atoms with E-state index in [1.807, 2.05) is 0 Å². The Balaban J connectivity index is 2.27. The summed E-state index contributed by atoms with van der Waals surface area (Å²) in [6.45, 7) is 2.23. The van der Waals surface area contributed by atoms with Gasteiger partial charge in [-0.1, -0.05) is 61.5 Å². The number of hydrogen-bond donors (Lipinski definition) is 0. The van der Waals surface area contributed by atoms with Crippen LogP contribution >= 0.6 is 0 Å². The van der Waals surface area contributed by atoms with Gasteiger partial charge < -0.3 is 0 Å². The van der Waals surface area contributed by atoms with E-state index in [2.05, 4.69) is 61.5 Å². The molecule has 0 heteroatoms. The lowest BCUT2D eigenvalue weighted by atomic mass is 9.91. The highest BCUT2D eigenvalue weighted by atomic mass is 14.2. The zero-order chi connectivity index (χ0) is 11.7. The lowest BCUT2D eigenvalue weighted by molar-refractivity contribution is 1.13. The van der Waals surface area contributed by atoms with Gasteiger partial charge in [0.2, 0.25) is 0 Å². The SMILES string of the molecule is CCc1ccc2c(c1-c1ccccc1)C=CC2. The highest BCUT2D eigenvalue weighted by Gasteiger charge is 2.14. The number of fused-ring (bicyclic) bond motifs is 1. The number of aryl methyl sites for hydroxylation is 1. The molecule has 0 aromatic heterocycles. The molecule has 84 valence electrons. The number of rotatable bonds is 2. The van der Waals surface area contributed by atoms with Crippen molar-refractivity contribution in [3.05, 3.63) is 65.2 Å². The smallest absolute Gasteiger partial charge is 0.00767 e. The monoisotopic (exact) mass is 220 g/mol. The molecule has 0 N–H and O–H groups in total. The second kappa shape index (κ2) is 4.21. The van der Waals surface area contributed by atoms with E-state index in [1.165, 1.54) is 27.8 Å². The van der Waals surface area contributed by atoms with Crippen LogP contribution < -0.4 is 0 Å². The van der Waals surface area contributed by atoms with Gasteiger partial charge in [-0.15, -0.1) is 0 Å². The molecule has 0 saturated heterocycles. The molecule has 17 heavy (non-hydrogen) atoms. The summed E-state index contributed by atoms with van der Waals surface area (Å²) >= 11 is 0. The minimum atomic E-state index is 1.08. The Labute approximate surface area is 103 Å². The Bertz CT molecular complexity index is 562. The van der Waals surface area contributed by atoms with Crippen LogP contribution in [0.2, 0.25) is 0 Å². The first-order chi connectivity index (χ1) is 8.40. The maximum atomic E-state index is 2.29. The number of allylic oxidation sites excluding steroid dienone is 1. The fourth-order valence-corrected chi connectivity index (χ4v) is 2.62. The fourth-order valence-electron chi connectivity index (χ4n) is 2.62. The Kier molecular flexibility index (Phi) is 2.56. The quantitative estimate of drug-likeness (QED) is 0.699. The summed E-state index contributed by atoms with van der Waals surface area (Å²) in [5, 5.41) is 0. The standard InChI is InChI=1S/C17H16/c1-2-13-11-12-14-9-6-10-16(14)17(13)15-7-4-3-5-8-15/h3-8,10-12H,2,9H2,1H3. The normalized spacial score (nSPS) is 12.8. The first-order valence-electron chi connectivity index (χ1n) is 6.27. The van der Waals surface area contributed by atoms with Crippen LogP contribution in [0.4, 0.5) is 0 Å². The van der Waals surface area contributed by atoms with Gasteiger partial charge in [0.25, 0.3) is 0 Å². The highest BCUT2D eigenvalue weighted by Crippen LogP contribution is 2.34. The molecule has 0 spiro atoms. The Morgan fingerprint density at radius 1 is 1.00 bits per heavy atom. The van der Waals surface area contributed by atoms with Gasteiger partial charge in [0, 0.05) is 0 Å². The first kappa shape index (κ1) is 10.3. The molecule has 0 bridgehead atoms. The summed E-state index contributed by atoms with van der Waals surface area (Å²) in [6.07, 6.45) is 6.71. The van der Waals surface area contributed by atoms with Crippen molar-refractivity contribution in [2.24, 2.45) is 0 Å². The molecule has 0 aliphatic heterocycles. The van der Waals surface area contributed by atoms with Crippen LogP contribution in [0, 0.1) is 0 Å². The molecule has 0 nitrogen and oxygen atoms in total. The van der Waals surface area contributed by atoms with E-state index < -0.39 is 0 Å². The van der Waals surface area contributed by atoms with Crippen molar-refractivity contribution in [2.75, 3.05) is 0 Å². The van der Waals surface area contributed by atoms with Crippen molar-refractivity contribution in [2.45, 2.75) is 19.8 Å². The average Bonchev–Trinajstić information content (AvgIpc) is 2.86. The number of hydrogen-bond acceptors (Lipinski definition) is 0. The van der Waals surface area contributed by atoms with Crippen molar-refractivity contribution in [3.63, 3.8) is 0 Å². The molecule has 1 aliphatic rings. The largest absolute Gasteiger partial charge is 0.0795 e. The molecule has 3 rings (SSSR count). The van der Waals surface area contributed by atoms with Gasteiger partial charge in [0.05, 0.1) is 0 Å². The number of benzene rings is 2. The Morgan fingerprint density at radius 3 is 2.59 bits per heavy atom. The molecular weight excluding hydrogens is 204 g/mol. The van der Waals surface area contributed by atoms with E-state index in [0.29, 0.717) is 0 Å². The van der Waals surface area contributed by atoms with Crippen molar-refractivity contribution >= 4 is 6.08 Å². The van der Waals surface area contributed by atoms with Crippen molar-refractivity contribution < 1.29 is 0 Å². The lowest BCUT2D eigenvalue weighted by Crippen LogP contribution is -1.93. The van der Waals surface area contributed by atoms with E-state index >= 15 is 0 Å². The first-order valence-corrected chi connectivity index (χ1v) is 6.27. The van der Waals surface area contributed by atoms with Gasteiger partial charge in [-0.05, 0) is 40.7 Å². The predicted molar refractivity (Wildman–Crippen MR) is 74.0 cm³/mol. The van der Waals surface area contributed by atoms with E-state index in [9.17, 15) is 0 Å². The van der Waals surface area contributed by atoms with Gasteiger partial charge in [0.1, 0.15) is 0 Å². The third kappa shape index (κ3) is 1.70. The second-order valence-electron chi connectivity index (χ2n) is 4.50. The third-order valence-electron chi connectivity index (χ3n) is 3.49. The molecule has 0 fully saturated rings. The van der Waals surface area contributed by atoms with Crippen LogP contribution in [-0.4, -0.2) is 0 Å². The van der Waals surface area contributed by atoms with Crippen molar-refractivity contribution in [3.8, 4) is 11.1 Å². The van der Waals surface area contributed by atoms with Gasteiger partial charge >= 0.3 is 0 Å². The molecule has 0 radical (unpaired) electrons. The molecule has 0 amide bonds. The molecule has 0 saturated carbocycles. The van der Waals surface area contributed by atoms with Gasteiger partial charge in [-0.2, -0.15) is 0 Å². The van der Waals surface area contributed by atoms with Crippen LogP contribution in [0.5, 0.6) is 0 Å². The van der Waals surface area contributed by atoms with Gasteiger partial charge in [0.15, 0.2) is 0 Å². The summed E-state index contributed by atoms with van der Waals surface area (Å²) in [6, 6.07) is 15.3. The summed E-state index contributed by atoms with van der Waals surface area (Å²) in [7, 11) is 0. The van der Waals surface area contributed by atoms with E-state index in [4.69, 9.17) is 0 Å². The zero-order valence-electron chi connectivity index (χ0n) is 10.1. The van der Waals surface area contributed by atoms with Crippen LogP contribution in [0.15, 0.2) is 48.5 Å². The molecule has 0 heterocycles. The second-order valence-corrected chi connectivity index (χ2v) is 4.50. The minimum absolute atomic E-state index is 1.08. The predicted octanol–water partition coefficient (Wildman–Crippen LogP) is 4.49. The molecule has 0 unspecified atom stereocenters. The summed E-state index contributed by atoms with van der Waals surface area (Å²) < 4.78 is 0. The molecular formula is C17H16. The fraction of sp³-hybridized carbons (Fsp3) is 0.176. The average molecular weight is 220 g/mol. The lowest BCUT2D eigenvalue weighted by Gasteiger charge is -2.13. The van der Waals surface area contributed by atoms with Crippen LogP contribution in [0.3, 0.4) is 0 Å². The Morgan fingerprint density at radius 2 is 1.82 bits per heavy atom. The van der Waals surface area contributed by atoms with Crippen molar-refractivity contribution in [1.29, 1.82) is 0 Å². The van der Waals surface area contributed by atoms with Crippen molar-refractivity contribution in [1.82, 2.24) is 0 Å².